The summed E-state index contributed by atoms with van der Waals surface area (Å²) in [5, 5.41) is 8.74. The molecular weight excluding hydrogens is 224 g/mol. The normalized spacial score (nSPS) is 27.5. The molecule has 0 saturated heterocycles. The summed E-state index contributed by atoms with van der Waals surface area (Å²) in [5.74, 6) is -0.186. The minimum atomic E-state index is -0.454. The van der Waals surface area contributed by atoms with Crippen LogP contribution in [0.2, 0.25) is 0 Å². The Kier molecular flexibility index (Phi) is 3.05. The highest BCUT2D eigenvalue weighted by Crippen LogP contribution is 2.26. The second kappa shape index (κ2) is 3.87. The minimum Gasteiger partial charge on any atom is -0.515 e. The number of halogens is 1. The predicted molar refractivity (Wildman–Crippen MR) is 48.1 cm³/mol. The molecule has 12 heavy (non-hydrogen) atoms. The summed E-state index contributed by atoms with van der Waals surface area (Å²) in [7, 11) is 1.48. The SMILES string of the molecule is COC1CC=C(Br)C(=CO)C1=O. The maximum atomic E-state index is 11.4. The molecule has 1 atom stereocenters. The Bertz CT molecular complexity index is 255. The molecule has 1 rings (SSSR count). The van der Waals surface area contributed by atoms with Gasteiger partial charge >= 0.3 is 0 Å². The first-order valence-corrected chi connectivity index (χ1v) is 4.27. The Hall–Kier alpha value is -0.610. The molecule has 66 valence electrons. The van der Waals surface area contributed by atoms with Gasteiger partial charge in [0.1, 0.15) is 6.10 Å². The molecule has 1 aliphatic rings. The van der Waals surface area contributed by atoms with Crippen molar-refractivity contribution in [2.45, 2.75) is 12.5 Å². The molecule has 0 heterocycles. The van der Waals surface area contributed by atoms with Crippen LogP contribution in [0.3, 0.4) is 0 Å². The number of rotatable bonds is 1. The molecule has 1 unspecified atom stereocenters. The quantitative estimate of drug-likeness (QED) is 0.553. The standard InChI is InChI=1S/C8H9BrO3/c1-12-7-3-2-6(9)5(4-10)8(7)11/h2,4,7,10H,3H2,1H3. The molecule has 0 aliphatic heterocycles. The summed E-state index contributed by atoms with van der Waals surface area (Å²) in [6.45, 7) is 0. The fraction of sp³-hybridized carbons (Fsp3) is 0.375. The third kappa shape index (κ3) is 1.59. The zero-order valence-corrected chi connectivity index (χ0v) is 8.17. The van der Waals surface area contributed by atoms with Crippen LogP contribution in [0, 0.1) is 0 Å². The highest BCUT2D eigenvalue weighted by molar-refractivity contribution is 9.12. The number of Topliss-reactive ketones (excluding diaryl/α,β-unsaturated/α-hetero) is 1. The molecule has 0 bridgehead atoms. The van der Waals surface area contributed by atoms with Crippen LogP contribution in [0.15, 0.2) is 22.4 Å². The van der Waals surface area contributed by atoms with Crippen molar-refractivity contribution in [2.24, 2.45) is 0 Å². The van der Waals surface area contributed by atoms with Crippen molar-refractivity contribution in [1.29, 1.82) is 0 Å². The molecule has 0 aromatic carbocycles. The molecule has 1 aliphatic carbocycles. The zero-order valence-electron chi connectivity index (χ0n) is 6.58. The molecule has 0 fully saturated rings. The number of carbonyl (C=O) groups is 1. The van der Waals surface area contributed by atoms with Gasteiger partial charge in [0.05, 0.1) is 11.8 Å². The number of aliphatic hydroxyl groups is 1. The molecule has 4 heteroatoms. The number of allylic oxidation sites excluding steroid dienone is 1. The van der Waals surface area contributed by atoms with Crippen LogP contribution < -0.4 is 0 Å². The Morgan fingerprint density at radius 2 is 2.50 bits per heavy atom. The number of carbonyl (C=O) groups excluding carboxylic acids is 1. The molecular formula is C8H9BrO3. The Labute approximate surface area is 78.8 Å². The summed E-state index contributed by atoms with van der Waals surface area (Å²) in [6, 6.07) is 0. The van der Waals surface area contributed by atoms with Gasteiger partial charge in [-0.15, -0.1) is 0 Å². The average Bonchev–Trinajstić information content (AvgIpc) is 2.06. The first-order chi connectivity index (χ1) is 5.70. The van der Waals surface area contributed by atoms with Crippen molar-refractivity contribution < 1.29 is 14.6 Å². The van der Waals surface area contributed by atoms with E-state index in [1.807, 2.05) is 0 Å². The first kappa shape index (κ1) is 9.48. The van der Waals surface area contributed by atoms with E-state index in [1.165, 1.54) is 7.11 Å². The molecule has 0 aromatic rings. The number of hydrogen-bond acceptors (Lipinski definition) is 3. The van der Waals surface area contributed by atoms with E-state index in [0.29, 0.717) is 10.9 Å². The molecule has 0 amide bonds. The fourth-order valence-corrected chi connectivity index (χ4v) is 1.53. The van der Waals surface area contributed by atoms with Crippen molar-refractivity contribution in [3.63, 3.8) is 0 Å². The van der Waals surface area contributed by atoms with Crippen molar-refractivity contribution in [3.8, 4) is 0 Å². The molecule has 0 spiro atoms. The molecule has 3 nitrogen and oxygen atoms in total. The van der Waals surface area contributed by atoms with Gasteiger partial charge in [-0.1, -0.05) is 22.0 Å². The lowest BCUT2D eigenvalue weighted by Gasteiger charge is -2.18. The van der Waals surface area contributed by atoms with Gasteiger partial charge in [-0.25, -0.2) is 0 Å². The maximum absolute atomic E-state index is 11.4. The van der Waals surface area contributed by atoms with E-state index in [2.05, 4.69) is 15.9 Å². The summed E-state index contributed by atoms with van der Waals surface area (Å²) >= 11 is 3.17. The molecule has 0 saturated carbocycles. The van der Waals surface area contributed by atoms with Crippen LogP contribution in [-0.2, 0) is 9.53 Å². The Morgan fingerprint density at radius 3 is 3.00 bits per heavy atom. The van der Waals surface area contributed by atoms with Crippen LogP contribution in [-0.4, -0.2) is 24.1 Å². The Balaban J connectivity index is 2.94. The number of ether oxygens (including phenoxy) is 1. The number of hydrogen-bond donors (Lipinski definition) is 1. The van der Waals surface area contributed by atoms with Gasteiger partial charge in [0, 0.05) is 18.0 Å². The largest absolute Gasteiger partial charge is 0.515 e. The van der Waals surface area contributed by atoms with Gasteiger partial charge in [0.25, 0.3) is 0 Å². The highest BCUT2D eigenvalue weighted by Gasteiger charge is 2.26. The summed E-state index contributed by atoms with van der Waals surface area (Å²) in [4.78, 5) is 11.4. The van der Waals surface area contributed by atoms with Gasteiger partial charge in [-0.2, -0.15) is 0 Å². The zero-order chi connectivity index (χ0) is 9.14. The molecule has 0 radical (unpaired) electrons. The van der Waals surface area contributed by atoms with E-state index < -0.39 is 6.10 Å². The number of ketones is 1. The van der Waals surface area contributed by atoms with Crippen LogP contribution in [0.5, 0.6) is 0 Å². The van der Waals surface area contributed by atoms with E-state index >= 15 is 0 Å². The Morgan fingerprint density at radius 1 is 1.83 bits per heavy atom. The van der Waals surface area contributed by atoms with Crippen molar-refractivity contribution in [3.05, 3.63) is 22.4 Å². The lowest BCUT2D eigenvalue weighted by atomic mass is 9.99. The van der Waals surface area contributed by atoms with Gasteiger partial charge in [0.15, 0.2) is 5.78 Å². The first-order valence-electron chi connectivity index (χ1n) is 3.48. The molecule has 0 aromatic heterocycles. The van der Waals surface area contributed by atoms with E-state index in [-0.39, 0.29) is 11.4 Å². The fourth-order valence-electron chi connectivity index (χ4n) is 1.05. The molecule has 1 N–H and O–H groups in total. The van der Waals surface area contributed by atoms with E-state index in [4.69, 9.17) is 9.84 Å². The van der Waals surface area contributed by atoms with E-state index in [0.717, 1.165) is 6.26 Å². The average molecular weight is 233 g/mol. The van der Waals surface area contributed by atoms with Crippen LogP contribution in [0.4, 0.5) is 0 Å². The summed E-state index contributed by atoms with van der Waals surface area (Å²) in [5.41, 5.74) is 0.271. The van der Waals surface area contributed by atoms with E-state index in [1.54, 1.807) is 6.08 Å². The monoisotopic (exact) mass is 232 g/mol. The number of aliphatic hydroxyl groups excluding tert-OH is 1. The van der Waals surface area contributed by atoms with Crippen LogP contribution in [0.1, 0.15) is 6.42 Å². The smallest absolute Gasteiger partial charge is 0.196 e. The van der Waals surface area contributed by atoms with Gasteiger partial charge in [-0.05, 0) is 0 Å². The maximum Gasteiger partial charge on any atom is 0.196 e. The summed E-state index contributed by atoms with van der Waals surface area (Å²) in [6.07, 6.45) is 2.70. The second-order valence-corrected chi connectivity index (χ2v) is 3.27. The van der Waals surface area contributed by atoms with Crippen molar-refractivity contribution in [2.75, 3.05) is 7.11 Å². The van der Waals surface area contributed by atoms with Crippen LogP contribution >= 0.6 is 15.9 Å². The lowest BCUT2D eigenvalue weighted by molar-refractivity contribution is -0.124. The van der Waals surface area contributed by atoms with E-state index in [9.17, 15) is 4.79 Å². The van der Waals surface area contributed by atoms with Gasteiger partial charge in [-0.3, -0.25) is 4.79 Å². The topological polar surface area (TPSA) is 46.5 Å². The number of methoxy groups -OCH3 is 1. The minimum absolute atomic E-state index is 0.186. The lowest BCUT2D eigenvalue weighted by Crippen LogP contribution is -2.27. The van der Waals surface area contributed by atoms with Crippen molar-refractivity contribution >= 4 is 21.7 Å². The predicted octanol–water partition coefficient (Wildman–Crippen LogP) is 1.69. The second-order valence-electron chi connectivity index (χ2n) is 2.42. The summed E-state index contributed by atoms with van der Waals surface area (Å²) < 4.78 is 5.54. The highest BCUT2D eigenvalue weighted by atomic mass is 79.9. The third-order valence-electron chi connectivity index (χ3n) is 1.74. The van der Waals surface area contributed by atoms with Gasteiger partial charge in [0.2, 0.25) is 0 Å². The third-order valence-corrected chi connectivity index (χ3v) is 2.49. The van der Waals surface area contributed by atoms with Gasteiger partial charge < -0.3 is 9.84 Å². The van der Waals surface area contributed by atoms with Crippen LogP contribution in [0.25, 0.3) is 0 Å². The van der Waals surface area contributed by atoms with Crippen molar-refractivity contribution in [1.82, 2.24) is 0 Å².